The van der Waals surface area contributed by atoms with Gasteiger partial charge in [-0.3, -0.25) is 4.79 Å². The maximum atomic E-state index is 14.7. The lowest BCUT2D eigenvalue weighted by Crippen LogP contribution is -2.36. The molecule has 3 N–H and O–H groups in total. The Kier molecular flexibility index (Phi) is 5.06. The third-order valence-corrected chi connectivity index (χ3v) is 4.76. The van der Waals surface area contributed by atoms with Gasteiger partial charge in [0, 0.05) is 25.5 Å². The van der Waals surface area contributed by atoms with Gasteiger partial charge in [0.15, 0.2) is 0 Å². The van der Waals surface area contributed by atoms with Crippen LogP contribution >= 0.6 is 0 Å². The molecule has 2 aromatic rings. The van der Waals surface area contributed by atoms with E-state index in [1.807, 2.05) is 19.1 Å². The zero-order chi connectivity index (χ0) is 18.7. The second kappa shape index (κ2) is 7.27. The molecule has 0 bridgehead atoms. The van der Waals surface area contributed by atoms with Gasteiger partial charge in [-0.25, -0.2) is 14.4 Å². The highest BCUT2D eigenvalue weighted by molar-refractivity contribution is 5.99. The van der Waals surface area contributed by atoms with Gasteiger partial charge in [0.1, 0.15) is 17.3 Å². The molecule has 1 saturated carbocycles. The summed E-state index contributed by atoms with van der Waals surface area (Å²) in [7, 11) is 1.56. The number of aromatic nitrogens is 2. The number of hydrogen-bond donors (Lipinski definition) is 3. The maximum absolute atomic E-state index is 14.7. The summed E-state index contributed by atoms with van der Waals surface area (Å²) < 4.78 is 14.7. The molecule has 1 aliphatic carbocycles. The fraction of sp³-hybridized carbons (Fsp3) is 0.421. The number of carbonyl (C=O) groups excluding carboxylic acids is 1. The second-order valence-corrected chi connectivity index (χ2v) is 6.91. The Balaban J connectivity index is 1.88. The summed E-state index contributed by atoms with van der Waals surface area (Å²) in [6, 6.07) is 5.19. The van der Waals surface area contributed by atoms with E-state index in [1.165, 1.54) is 6.20 Å². The number of carbonyl (C=O) groups is 1. The average Bonchev–Trinajstić information content (AvgIpc) is 2.95. The maximum Gasteiger partial charge on any atom is 0.254 e. The van der Waals surface area contributed by atoms with Crippen LogP contribution in [0.25, 0.3) is 0 Å². The quantitative estimate of drug-likeness (QED) is 0.762. The van der Waals surface area contributed by atoms with Crippen molar-refractivity contribution in [1.29, 1.82) is 0 Å². The second-order valence-electron chi connectivity index (χ2n) is 6.91. The van der Waals surface area contributed by atoms with E-state index < -0.39 is 5.67 Å². The van der Waals surface area contributed by atoms with E-state index >= 15 is 0 Å². The molecule has 1 aliphatic rings. The molecule has 3 rings (SSSR count). The number of aryl methyl sites for hydroxylation is 1. The summed E-state index contributed by atoms with van der Waals surface area (Å²) in [5, 5.41) is 8.92. The normalized spacial score (nSPS) is 22.1. The van der Waals surface area contributed by atoms with Crippen LogP contribution in [0.4, 0.5) is 21.7 Å². The summed E-state index contributed by atoms with van der Waals surface area (Å²) in [6.45, 7) is 3.57. The zero-order valence-electron chi connectivity index (χ0n) is 15.3. The number of pyridine rings is 2. The lowest BCUT2D eigenvalue weighted by molar-refractivity contribution is 0.0963. The van der Waals surface area contributed by atoms with Crippen LogP contribution in [0.1, 0.15) is 42.1 Å². The monoisotopic (exact) mass is 357 g/mol. The molecule has 138 valence electrons. The number of rotatable bonds is 5. The molecule has 1 amide bonds. The Morgan fingerprint density at radius 3 is 2.65 bits per heavy atom. The Hall–Kier alpha value is -2.70. The smallest absolute Gasteiger partial charge is 0.254 e. The highest BCUT2D eigenvalue weighted by Gasteiger charge is 2.39. The standard InChI is InChI=1S/C19H24FN5O/c1-12-6-7-16(22-10-12)25-17-9-14(13(11-23-17)18(26)21-3)24-15-5-4-8-19(15,2)20/h6-7,9-11,15H,4-5,8H2,1-3H3,(H,21,26)(H2,22,23,24,25)/t15-,19+/m0/s1. The highest BCUT2D eigenvalue weighted by atomic mass is 19.1. The summed E-state index contributed by atoms with van der Waals surface area (Å²) >= 11 is 0. The lowest BCUT2D eigenvalue weighted by Gasteiger charge is -2.26. The molecule has 2 aromatic heterocycles. The van der Waals surface area contributed by atoms with Crippen molar-refractivity contribution in [3.8, 4) is 0 Å². The Labute approximate surface area is 152 Å². The Morgan fingerprint density at radius 2 is 2.04 bits per heavy atom. The summed E-state index contributed by atoms with van der Waals surface area (Å²) in [5.74, 6) is 0.923. The molecule has 0 unspecified atom stereocenters. The molecule has 0 aromatic carbocycles. The SMILES string of the molecule is CNC(=O)c1cnc(Nc2ccc(C)cn2)cc1N[C@H]1CCC[C@@]1(C)F. The first-order valence-electron chi connectivity index (χ1n) is 8.76. The first-order chi connectivity index (χ1) is 12.4. The van der Waals surface area contributed by atoms with Crippen LogP contribution in [0.15, 0.2) is 30.6 Å². The van der Waals surface area contributed by atoms with Crippen LogP contribution in [0.3, 0.4) is 0 Å². The first kappa shape index (κ1) is 18.1. The van der Waals surface area contributed by atoms with Gasteiger partial charge < -0.3 is 16.0 Å². The van der Waals surface area contributed by atoms with Gasteiger partial charge in [0.2, 0.25) is 0 Å². The fourth-order valence-electron chi connectivity index (χ4n) is 3.17. The molecule has 0 spiro atoms. The number of nitrogens with zero attached hydrogens (tertiary/aromatic N) is 2. The van der Waals surface area contributed by atoms with Crippen LogP contribution in [-0.2, 0) is 0 Å². The summed E-state index contributed by atoms with van der Waals surface area (Å²) in [4.78, 5) is 20.7. The number of alkyl halides is 1. The van der Waals surface area contributed by atoms with Gasteiger partial charge in [-0.15, -0.1) is 0 Å². The Morgan fingerprint density at radius 1 is 1.27 bits per heavy atom. The van der Waals surface area contributed by atoms with Gasteiger partial charge >= 0.3 is 0 Å². The van der Waals surface area contributed by atoms with Crippen molar-refractivity contribution >= 4 is 23.2 Å². The average molecular weight is 357 g/mol. The van der Waals surface area contributed by atoms with E-state index in [0.29, 0.717) is 29.3 Å². The van der Waals surface area contributed by atoms with Crippen molar-refractivity contribution in [3.63, 3.8) is 0 Å². The van der Waals surface area contributed by atoms with Gasteiger partial charge in [-0.2, -0.15) is 0 Å². The van der Waals surface area contributed by atoms with Crippen molar-refractivity contribution in [2.24, 2.45) is 0 Å². The molecule has 7 heteroatoms. The first-order valence-corrected chi connectivity index (χ1v) is 8.76. The molecule has 0 saturated heterocycles. The minimum Gasteiger partial charge on any atom is -0.378 e. The molecular formula is C19H24FN5O. The number of hydrogen-bond acceptors (Lipinski definition) is 5. The van der Waals surface area contributed by atoms with E-state index in [9.17, 15) is 9.18 Å². The van der Waals surface area contributed by atoms with E-state index in [-0.39, 0.29) is 11.9 Å². The highest BCUT2D eigenvalue weighted by Crippen LogP contribution is 2.36. The third kappa shape index (κ3) is 3.92. The molecule has 2 atom stereocenters. The van der Waals surface area contributed by atoms with Crippen molar-refractivity contribution in [1.82, 2.24) is 15.3 Å². The van der Waals surface area contributed by atoms with Gasteiger partial charge in [0.25, 0.3) is 5.91 Å². The van der Waals surface area contributed by atoms with Crippen LogP contribution < -0.4 is 16.0 Å². The van der Waals surface area contributed by atoms with E-state index in [2.05, 4.69) is 25.9 Å². The molecule has 0 radical (unpaired) electrons. The van der Waals surface area contributed by atoms with Gasteiger partial charge in [0.05, 0.1) is 17.3 Å². The molecule has 2 heterocycles. The molecule has 6 nitrogen and oxygen atoms in total. The van der Waals surface area contributed by atoms with E-state index in [0.717, 1.165) is 18.4 Å². The van der Waals surface area contributed by atoms with Crippen molar-refractivity contribution < 1.29 is 9.18 Å². The van der Waals surface area contributed by atoms with Crippen LogP contribution in [0.2, 0.25) is 0 Å². The fourth-order valence-corrected chi connectivity index (χ4v) is 3.17. The van der Waals surface area contributed by atoms with Crippen molar-refractivity contribution in [3.05, 3.63) is 41.7 Å². The number of nitrogens with one attached hydrogen (secondary N) is 3. The zero-order valence-corrected chi connectivity index (χ0v) is 15.3. The van der Waals surface area contributed by atoms with Crippen LogP contribution in [-0.4, -0.2) is 34.6 Å². The van der Waals surface area contributed by atoms with Crippen molar-refractivity contribution in [2.45, 2.75) is 44.8 Å². The van der Waals surface area contributed by atoms with E-state index in [4.69, 9.17) is 0 Å². The lowest BCUT2D eigenvalue weighted by atomic mass is 10.0. The van der Waals surface area contributed by atoms with Crippen molar-refractivity contribution in [2.75, 3.05) is 17.7 Å². The number of amides is 1. The number of halogens is 1. The van der Waals surface area contributed by atoms with Crippen LogP contribution in [0.5, 0.6) is 0 Å². The topological polar surface area (TPSA) is 78.9 Å². The predicted octanol–water partition coefficient (Wildman–Crippen LogP) is 3.58. The summed E-state index contributed by atoms with van der Waals surface area (Å²) in [5.41, 5.74) is 0.710. The summed E-state index contributed by atoms with van der Waals surface area (Å²) in [6.07, 6.45) is 5.31. The van der Waals surface area contributed by atoms with Gasteiger partial charge in [-0.05, 0) is 44.7 Å². The van der Waals surface area contributed by atoms with E-state index in [1.54, 1.807) is 26.2 Å². The third-order valence-electron chi connectivity index (χ3n) is 4.76. The minimum absolute atomic E-state index is 0.265. The Bertz CT molecular complexity index is 791. The molecule has 1 fully saturated rings. The van der Waals surface area contributed by atoms with Crippen LogP contribution in [0, 0.1) is 6.92 Å². The molecular weight excluding hydrogens is 333 g/mol. The molecule has 0 aliphatic heterocycles. The minimum atomic E-state index is -1.30. The largest absolute Gasteiger partial charge is 0.378 e. The predicted molar refractivity (Wildman–Crippen MR) is 101 cm³/mol. The molecule has 26 heavy (non-hydrogen) atoms. The number of anilines is 3. The van der Waals surface area contributed by atoms with Gasteiger partial charge in [-0.1, -0.05) is 6.07 Å².